The zero-order chi connectivity index (χ0) is 10.4. The first-order valence-electron chi connectivity index (χ1n) is 5.44. The van der Waals surface area contributed by atoms with E-state index >= 15 is 0 Å². The first-order chi connectivity index (χ1) is 6.75. The van der Waals surface area contributed by atoms with Crippen LogP contribution >= 0.6 is 0 Å². The quantitative estimate of drug-likeness (QED) is 0.545. The number of benzene rings is 1. The summed E-state index contributed by atoms with van der Waals surface area (Å²) in [6.45, 7) is 7.29. The molecule has 0 amide bonds. The maximum atomic E-state index is 5.72. The summed E-state index contributed by atoms with van der Waals surface area (Å²) in [7, 11) is 0. The van der Waals surface area contributed by atoms with Gasteiger partial charge in [-0.05, 0) is 37.5 Å². The predicted molar refractivity (Wildman–Crippen MR) is 66.7 cm³/mol. The van der Waals surface area contributed by atoms with Crippen molar-refractivity contribution in [2.45, 2.75) is 40.0 Å². The molecule has 1 rings (SSSR count). The molecule has 15 heavy (non-hydrogen) atoms. The first-order valence-corrected chi connectivity index (χ1v) is 5.44. The Balaban J connectivity index is 0.00000196. The van der Waals surface area contributed by atoms with Crippen molar-refractivity contribution in [2.75, 3.05) is 6.61 Å². The minimum Gasteiger partial charge on any atom is -0.493 e. The number of unbranched alkanes of at least 4 members (excludes halogenated alkanes) is 2. The molecule has 4 radical (unpaired) electrons. The monoisotopic (exact) mass is 220 g/mol. The Hall–Kier alpha value is -0.763. The third-order valence-corrected chi connectivity index (χ3v) is 2.56. The van der Waals surface area contributed by atoms with Crippen molar-refractivity contribution in [3.8, 4) is 5.75 Å². The molecule has 0 N–H and O–H groups in total. The first kappa shape index (κ1) is 14.2. The number of rotatable bonds is 5. The number of ether oxygens (including phenoxy) is 1. The van der Waals surface area contributed by atoms with Crippen LogP contribution in [-0.2, 0) is 0 Å². The van der Waals surface area contributed by atoms with Gasteiger partial charge in [0.1, 0.15) is 5.75 Å². The van der Waals surface area contributed by atoms with Crippen molar-refractivity contribution in [1.29, 1.82) is 0 Å². The molecule has 1 nitrogen and oxygen atoms in total. The van der Waals surface area contributed by atoms with Gasteiger partial charge in [-0.3, -0.25) is 0 Å². The van der Waals surface area contributed by atoms with Crippen molar-refractivity contribution in [2.24, 2.45) is 0 Å². The molecule has 0 atom stereocenters. The maximum Gasteiger partial charge on any atom is 0.122 e. The van der Waals surface area contributed by atoms with E-state index in [0.29, 0.717) is 0 Å². The average Bonchev–Trinajstić information content (AvgIpc) is 2.19. The summed E-state index contributed by atoms with van der Waals surface area (Å²) in [6.07, 6.45) is 3.66. The minimum atomic E-state index is 0. The molecule has 2 heteroatoms. The van der Waals surface area contributed by atoms with Gasteiger partial charge in [-0.2, -0.15) is 0 Å². The van der Waals surface area contributed by atoms with Crippen molar-refractivity contribution in [3.05, 3.63) is 29.3 Å². The molecule has 0 aromatic heterocycles. The van der Waals surface area contributed by atoms with Gasteiger partial charge in [0.25, 0.3) is 0 Å². The molecule has 1 aromatic carbocycles. The molecular weight excluding hydrogens is 200 g/mol. The summed E-state index contributed by atoms with van der Waals surface area (Å²) in [5.41, 5.74) is 2.57. The molecule has 0 bridgehead atoms. The van der Waals surface area contributed by atoms with E-state index in [1.807, 2.05) is 6.07 Å². The molecule has 0 fully saturated rings. The standard InChI is InChI=1S/C13H20O.Si/c1-4-5-6-10-14-13-9-7-8-11(2)12(13)3;/h7-9H,4-6,10H2,1-3H3;. The summed E-state index contributed by atoms with van der Waals surface area (Å²) >= 11 is 0. The molecule has 0 saturated heterocycles. The summed E-state index contributed by atoms with van der Waals surface area (Å²) in [5, 5.41) is 0. The van der Waals surface area contributed by atoms with E-state index in [0.717, 1.165) is 18.8 Å². The van der Waals surface area contributed by atoms with E-state index in [1.54, 1.807) is 0 Å². The predicted octanol–water partition coefficient (Wildman–Crippen LogP) is 3.49. The molecule has 0 saturated carbocycles. The normalized spacial score (nSPS) is 9.53. The van der Waals surface area contributed by atoms with Crippen molar-refractivity contribution in [3.63, 3.8) is 0 Å². The van der Waals surface area contributed by atoms with E-state index in [-0.39, 0.29) is 11.0 Å². The van der Waals surface area contributed by atoms with Gasteiger partial charge < -0.3 is 4.74 Å². The van der Waals surface area contributed by atoms with E-state index in [2.05, 4.69) is 32.9 Å². The smallest absolute Gasteiger partial charge is 0.122 e. The van der Waals surface area contributed by atoms with Crippen LogP contribution < -0.4 is 4.74 Å². The molecule has 0 unspecified atom stereocenters. The van der Waals surface area contributed by atoms with Crippen LogP contribution in [0, 0.1) is 13.8 Å². The van der Waals surface area contributed by atoms with Gasteiger partial charge in [0.15, 0.2) is 0 Å². The van der Waals surface area contributed by atoms with Gasteiger partial charge in [-0.25, -0.2) is 0 Å². The van der Waals surface area contributed by atoms with Gasteiger partial charge in [0, 0.05) is 11.0 Å². The van der Waals surface area contributed by atoms with Crippen molar-refractivity contribution in [1.82, 2.24) is 0 Å². The summed E-state index contributed by atoms with van der Waals surface area (Å²) in [6, 6.07) is 6.22. The zero-order valence-electron chi connectivity index (χ0n) is 9.97. The molecule has 82 valence electrons. The molecule has 1 aromatic rings. The highest BCUT2D eigenvalue weighted by Crippen LogP contribution is 2.20. The van der Waals surface area contributed by atoms with E-state index < -0.39 is 0 Å². The van der Waals surface area contributed by atoms with Crippen LogP contribution in [0.3, 0.4) is 0 Å². The topological polar surface area (TPSA) is 9.23 Å². The van der Waals surface area contributed by atoms with Crippen molar-refractivity contribution >= 4 is 11.0 Å². The van der Waals surface area contributed by atoms with Crippen LogP contribution in [0.2, 0.25) is 0 Å². The highest BCUT2D eigenvalue weighted by Gasteiger charge is 2.00. The second kappa shape index (κ2) is 7.52. The third kappa shape index (κ3) is 4.52. The highest BCUT2D eigenvalue weighted by atomic mass is 28.1. The Kier molecular flexibility index (Phi) is 7.14. The third-order valence-electron chi connectivity index (χ3n) is 2.56. The fraction of sp³-hybridized carbons (Fsp3) is 0.538. The van der Waals surface area contributed by atoms with Crippen LogP contribution in [0.4, 0.5) is 0 Å². The Morgan fingerprint density at radius 3 is 2.53 bits per heavy atom. The van der Waals surface area contributed by atoms with Crippen LogP contribution in [0.1, 0.15) is 37.3 Å². The lowest BCUT2D eigenvalue weighted by Crippen LogP contribution is -1.99. The lowest BCUT2D eigenvalue weighted by atomic mass is 10.1. The minimum absolute atomic E-state index is 0. The molecule has 0 aliphatic heterocycles. The Morgan fingerprint density at radius 2 is 1.87 bits per heavy atom. The number of hydrogen-bond donors (Lipinski definition) is 0. The van der Waals surface area contributed by atoms with Gasteiger partial charge in [0.2, 0.25) is 0 Å². The fourth-order valence-corrected chi connectivity index (χ4v) is 1.41. The molecule has 0 aliphatic carbocycles. The lowest BCUT2D eigenvalue weighted by Gasteiger charge is -2.10. The SMILES string of the molecule is CCCCCOc1cccc(C)c1C.[Si]. The average molecular weight is 220 g/mol. The van der Waals surface area contributed by atoms with E-state index in [4.69, 9.17) is 4.74 Å². The maximum absolute atomic E-state index is 5.72. The molecule has 0 aliphatic rings. The lowest BCUT2D eigenvalue weighted by molar-refractivity contribution is 0.304. The largest absolute Gasteiger partial charge is 0.493 e. The van der Waals surface area contributed by atoms with Gasteiger partial charge in [-0.15, -0.1) is 0 Å². The second-order valence-corrected chi connectivity index (χ2v) is 3.75. The fourth-order valence-electron chi connectivity index (χ4n) is 1.41. The van der Waals surface area contributed by atoms with Crippen molar-refractivity contribution < 1.29 is 4.74 Å². The van der Waals surface area contributed by atoms with E-state index in [9.17, 15) is 0 Å². The second-order valence-electron chi connectivity index (χ2n) is 3.75. The molecule has 0 heterocycles. The van der Waals surface area contributed by atoms with Crippen LogP contribution in [0.15, 0.2) is 18.2 Å². The summed E-state index contributed by atoms with van der Waals surface area (Å²) in [4.78, 5) is 0. The highest BCUT2D eigenvalue weighted by molar-refractivity contribution is 5.75. The van der Waals surface area contributed by atoms with Gasteiger partial charge in [-0.1, -0.05) is 31.9 Å². The summed E-state index contributed by atoms with van der Waals surface area (Å²) in [5.74, 6) is 1.04. The number of hydrogen-bond acceptors (Lipinski definition) is 1. The zero-order valence-corrected chi connectivity index (χ0v) is 11.0. The Labute approximate surface area is 97.9 Å². The van der Waals surface area contributed by atoms with Gasteiger partial charge in [0.05, 0.1) is 6.61 Å². The molecule has 0 spiro atoms. The van der Waals surface area contributed by atoms with Gasteiger partial charge >= 0.3 is 0 Å². The Morgan fingerprint density at radius 1 is 1.13 bits per heavy atom. The van der Waals surface area contributed by atoms with Crippen LogP contribution in [0.25, 0.3) is 0 Å². The van der Waals surface area contributed by atoms with Crippen LogP contribution in [0.5, 0.6) is 5.75 Å². The van der Waals surface area contributed by atoms with Crippen LogP contribution in [-0.4, -0.2) is 17.6 Å². The molecular formula is C13H20OSi. The number of aryl methyl sites for hydroxylation is 1. The summed E-state index contributed by atoms with van der Waals surface area (Å²) < 4.78 is 5.72. The van der Waals surface area contributed by atoms with E-state index in [1.165, 1.54) is 24.0 Å². The Bertz CT molecular complexity index is 284.